The summed E-state index contributed by atoms with van der Waals surface area (Å²) in [5, 5.41) is 14.9. The number of fused-ring (bicyclic) bond motifs is 1. The van der Waals surface area contributed by atoms with Crippen LogP contribution in [0.1, 0.15) is 42.4 Å². The Kier molecular flexibility index (Phi) is 9.74. The second-order valence-corrected chi connectivity index (χ2v) is 6.90. The van der Waals surface area contributed by atoms with Gasteiger partial charge >= 0.3 is 0 Å². The highest BCUT2D eigenvalue weighted by atomic mass is 32.1. The largest absolute Gasteiger partial charge is 0.388 e. The molecule has 0 spiro atoms. The number of hydrogen-bond acceptors (Lipinski definition) is 5. The predicted octanol–water partition coefficient (Wildman–Crippen LogP) is 2.40. The molecule has 1 unspecified atom stereocenters. The maximum absolute atomic E-state index is 10.1. The molecule has 1 heterocycles. The third-order valence-corrected chi connectivity index (χ3v) is 4.17. The molecule has 1 aliphatic rings. The van der Waals surface area contributed by atoms with Crippen molar-refractivity contribution in [1.82, 2.24) is 10.7 Å². The summed E-state index contributed by atoms with van der Waals surface area (Å²) in [5.74, 6) is 4.60. The van der Waals surface area contributed by atoms with E-state index in [2.05, 4.69) is 42.4 Å². The lowest BCUT2D eigenvalue weighted by molar-refractivity contribution is 0.100. The monoisotopic (exact) mass is 313 g/mol. The van der Waals surface area contributed by atoms with E-state index in [1.165, 1.54) is 10.4 Å². The lowest BCUT2D eigenvalue weighted by Crippen LogP contribution is -2.25. The number of aliphatic hydroxyl groups excluding tert-OH is 1. The van der Waals surface area contributed by atoms with Gasteiger partial charge in [-0.15, -0.1) is 17.9 Å². The van der Waals surface area contributed by atoms with Crippen molar-refractivity contribution in [1.29, 1.82) is 0 Å². The van der Waals surface area contributed by atoms with Crippen molar-refractivity contribution in [2.45, 2.75) is 39.2 Å². The van der Waals surface area contributed by atoms with E-state index in [9.17, 15) is 5.11 Å². The first-order valence-electron chi connectivity index (χ1n) is 7.20. The normalized spacial score (nSPS) is 18.5. The van der Waals surface area contributed by atoms with Gasteiger partial charge in [-0.25, -0.2) is 0 Å². The quantitative estimate of drug-likeness (QED) is 0.384. The number of hydrazine groups is 1. The Morgan fingerprint density at radius 3 is 2.48 bits per heavy atom. The molecule has 1 aromatic heterocycles. The minimum Gasteiger partial charge on any atom is -0.388 e. The van der Waals surface area contributed by atoms with E-state index < -0.39 is 0 Å². The van der Waals surface area contributed by atoms with Crippen LogP contribution in [-0.4, -0.2) is 26.2 Å². The van der Waals surface area contributed by atoms with Crippen LogP contribution in [-0.2, 0) is 12.8 Å². The van der Waals surface area contributed by atoms with Gasteiger partial charge in [-0.05, 0) is 62.3 Å². The summed E-state index contributed by atoms with van der Waals surface area (Å²) in [5.41, 5.74) is 5.02. The van der Waals surface area contributed by atoms with Crippen molar-refractivity contribution >= 4 is 11.3 Å². The van der Waals surface area contributed by atoms with Crippen LogP contribution < -0.4 is 16.6 Å². The van der Waals surface area contributed by atoms with E-state index in [1.807, 2.05) is 20.2 Å². The van der Waals surface area contributed by atoms with Crippen LogP contribution in [0.25, 0.3) is 0 Å². The second-order valence-electron chi connectivity index (χ2n) is 5.94. The Bertz CT molecular complexity index is 414. The Hall–Kier alpha value is -0.720. The van der Waals surface area contributed by atoms with Crippen LogP contribution in [0.3, 0.4) is 0 Å². The van der Waals surface area contributed by atoms with Gasteiger partial charge in [0.1, 0.15) is 0 Å². The average molecular weight is 314 g/mol. The minimum atomic E-state index is -0.265. The van der Waals surface area contributed by atoms with Crippen molar-refractivity contribution < 1.29 is 5.11 Å². The molecular weight excluding hydrogens is 282 g/mol. The lowest BCUT2D eigenvalue weighted by atomic mass is 9.73. The number of hydrogen-bond donors (Lipinski definition) is 4. The molecule has 122 valence electrons. The summed E-state index contributed by atoms with van der Waals surface area (Å²) in [4.78, 5) is 1.38. The number of thiophene rings is 1. The summed E-state index contributed by atoms with van der Waals surface area (Å²) >= 11 is 1.76. The third kappa shape index (κ3) is 6.72. The summed E-state index contributed by atoms with van der Waals surface area (Å²) in [6.45, 7) is 8.25. The Balaban J connectivity index is 0.000000578. The fourth-order valence-electron chi connectivity index (χ4n) is 2.40. The van der Waals surface area contributed by atoms with Crippen molar-refractivity contribution in [3.63, 3.8) is 0 Å². The highest BCUT2D eigenvalue weighted by molar-refractivity contribution is 7.10. The van der Waals surface area contributed by atoms with Crippen LogP contribution in [0.5, 0.6) is 0 Å². The zero-order chi connectivity index (χ0) is 16.5. The van der Waals surface area contributed by atoms with E-state index in [1.54, 1.807) is 18.4 Å². The fraction of sp³-hybridized carbons (Fsp3) is 0.625. The molecule has 1 aliphatic carbocycles. The topological polar surface area (TPSA) is 70.3 Å². The fourth-order valence-corrected chi connectivity index (χ4v) is 3.52. The molecule has 0 bridgehead atoms. The highest BCUT2D eigenvalue weighted by Crippen LogP contribution is 2.44. The highest BCUT2D eigenvalue weighted by Gasteiger charge is 2.33. The molecule has 5 N–H and O–H groups in total. The van der Waals surface area contributed by atoms with Gasteiger partial charge in [0, 0.05) is 4.88 Å². The van der Waals surface area contributed by atoms with Gasteiger partial charge in [-0.2, -0.15) is 0 Å². The maximum atomic E-state index is 10.1. The summed E-state index contributed by atoms with van der Waals surface area (Å²) in [6, 6.07) is 0. The summed E-state index contributed by atoms with van der Waals surface area (Å²) in [6.07, 6.45) is 4.58. The van der Waals surface area contributed by atoms with Crippen molar-refractivity contribution in [2.75, 3.05) is 21.1 Å². The molecule has 0 amide bonds. The van der Waals surface area contributed by atoms with Crippen LogP contribution in [0.4, 0.5) is 0 Å². The van der Waals surface area contributed by atoms with Gasteiger partial charge in [0.2, 0.25) is 0 Å². The number of nitrogens with one attached hydrogen (secondary N) is 2. The van der Waals surface area contributed by atoms with Crippen molar-refractivity contribution in [2.24, 2.45) is 11.3 Å². The van der Waals surface area contributed by atoms with E-state index in [0.717, 1.165) is 24.8 Å². The van der Waals surface area contributed by atoms with E-state index >= 15 is 0 Å². The van der Waals surface area contributed by atoms with Crippen LogP contribution in [0.2, 0.25) is 0 Å². The first kappa shape index (κ1) is 20.3. The van der Waals surface area contributed by atoms with Gasteiger partial charge in [-0.3, -0.25) is 11.3 Å². The molecule has 0 aromatic carbocycles. The van der Waals surface area contributed by atoms with Gasteiger partial charge in [-0.1, -0.05) is 19.9 Å². The zero-order valence-electron chi connectivity index (χ0n) is 14.0. The molecule has 5 heteroatoms. The van der Waals surface area contributed by atoms with Gasteiger partial charge in [0.15, 0.2) is 0 Å². The SMILES string of the molecule is C=CCc1scc2c1CC(C)(C)CC2O.CNC.CNN. The molecule has 4 nitrogen and oxygen atoms in total. The molecule has 1 aromatic rings. The number of nitrogens with two attached hydrogens (primary N) is 1. The average Bonchev–Trinajstić information content (AvgIpc) is 2.74. The molecular formula is C16H31N3OS. The van der Waals surface area contributed by atoms with Gasteiger partial charge < -0.3 is 10.4 Å². The number of rotatable bonds is 2. The second kappa shape index (κ2) is 10.1. The number of allylic oxidation sites excluding steroid dienone is 1. The Labute approximate surface area is 133 Å². The van der Waals surface area contributed by atoms with Crippen molar-refractivity contribution in [3.8, 4) is 0 Å². The van der Waals surface area contributed by atoms with E-state index in [-0.39, 0.29) is 11.5 Å². The van der Waals surface area contributed by atoms with Gasteiger partial charge in [0.05, 0.1) is 6.10 Å². The molecule has 0 saturated heterocycles. The molecule has 0 fully saturated rings. The molecule has 1 atom stereocenters. The number of aliphatic hydroxyl groups is 1. The Morgan fingerprint density at radius 2 is 2.00 bits per heavy atom. The smallest absolute Gasteiger partial charge is 0.0806 e. The first-order valence-corrected chi connectivity index (χ1v) is 8.08. The van der Waals surface area contributed by atoms with Crippen LogP contribution in [0, 0.1) is 5.41 Å². The van der Waals surface area contributed by atoms with E-state index in [4.69, 9.17) is 0 Å². The van der Waals surface area contributed by atoms with E-state index in [0.29, 0.717) is 0 Å². The van der Waals surface area contributed by atoms with Gasteiger partial charge in [0.25, 0.3) is 0 Å². The summed E-state index contributed by atoms with van der Waals surface area (Å²) < 4.78 is 0. The third-order valence-electron chi connectivity index (χ3n) is 3.10. The summed E-state index contributed by atoms with van der Waals surface area (Å²) in [7, 11) is 5.40. The minimum absolute atomic E-state index is 0.226. The van der Waals surface area contributed by atoms with Crippen LogP contribution in [0.15, 0.2) is 18.0 Å². The molecule has 0 radical (unpaired) electrons. The zero-order valence-corrected chi connectivity index (χ0v) is 14.8. The first-order chi connectivity index (χ1) is 9.86. The lowest BCUT2D eigenvalue weighted by Gasteiger charge is -2.33. The van der Waals surface area contributed by atoms with Crippen molar-refractivity contribution in [3.05, 3.63) is 34.0 Å². The molecule has 21 heavy (non-hydrogen) atoms. The standard InChI is InChI=1S/C13H18OS.C2H7N.CH6N2/c1-4-5-12-9-6-13(2,3)7-11(14)10(9)8-15-12;2*1-3-2/h4,8,11,14H,1,5-7H2,2-3H3;3H,1-2H3;3H,2H2,1H3. The molecule has 0 aliphatic heterocycles. The molecule has 2 rings (SSSR count). The predicted molar refractivity (Wildman–Crippen MR) is 93.5 cm³/mol. The Morgan fingerprint density at radius 1 is 1.48 bits per heavy atom. The van der Waals surface area contributed by atoms with Crippen LogP contribution >= 0.6 is 11.3 Å². The molecule has 0 saturated carbocycles. The maximum Gasteiger partial charge on any atom is 0.0806 e.